The van der Waals surface area contributed by atoms with Gasteiger partial charge in [0.25, 0.3) is 0 Å². The van der Waals surface area contributed by atoms with Crippen LogP contribution in [0.3, 0.4) is 0 Å². The van der Waals surface area contributed by atoms with Crippen LogP contribution in [0, 0.1) is 0 Å². The lowest BCUT2D eigenvalue weighted by molar-refractivity contribution is 0.322. The van der Waals surface area contributed by atoms with Crippen molar-refractivity contribution in [3.05, 3.63) is 24.3 Å². The van der Waals surface area contributed by atoms with Gasteiger partial charge in [-0.1, -0.05) is 0 Å². The van der Waals surface area contributed by atoms with E-state index in [1.165, 1.54) is 25.1 Å². The summed E-state index contributed by atoms with van der Waals surface area (Å²) in [4.78, 5) is 2.43. The van der Waals surface area contributed by atoms with Gasteiger partial charge in [0.05, 0.1) is 6.61 Å². The zero-order valence-corrected chi connectivity index (χ0v) is 10.8. The normalized spacial score (nSPS) is 20.5. The molecular formula is C14H22N2O. The Labute approximate surface area is 104 Å². The molecule has 0 saturated carbocycles. The number of hydrogen-bond acceptors (Lipinski definition) is 3. The van der Waals surface area contributed by atoms with Crippen LogP contribution in [0.2, 0.25) is 0 Å². The molecule has 0 spiro atoms. The van der Waals surface area contributed by atoms with Crippen LogP contribution in [0.15, 0.2) is 24.3 Å². The average molecular weight is 234 g/mol. The number of benzene rings is 1. The summed E-state index contributed by atoms with van der Waals surface area (Å²) >= 11 is 0. The standard InChI is InChI=1S/C14H22N2O/c1-3-17-14-8-6-12(7-9-14)15-11-13-5-4-10-16(13)2/h6-9,13,15H,3-5,10-11H2,1-2H3. The molecule has 1 unspecified atom stereocenters. The van der Waals surface area contributed by atoms with E-state index < -0.39 is 0 Å². The number of nitrogens with zero attached hydrogens (tertiary/aromatic N) is 1. The summed E-state index contributed by atoms with van der Waals surface area (Å²) in [5, 5.41) is 3.49. The molecular weight excluding hydrogens is 212 g/mol. The summed E-state index contributed by atoms with van der Waals surface area (Å²) in [6.45, 7) is 4.99. The predicted molar refractivity (Wildman–Crippen MR) is 71.8 cm³/mol. The quantitative estimate of drug-likeness (QED) is 0.847. The van der Waals surface area contributed by atoms with E-state index >= 15 is 0 Å². The van der Waals surface area contributed by atoms with Crippen molar-refractivity contribution in [1.29, 1.82) is 0 Å². The number of anilines is 1. The molecule has 1 aromatic carbocycles. The highest BCUT2D eigenvalue weighted by Crippen LogP contribution is 2.18. The molecule has 3 heteroatoms. The van der Waals surface area contributed by atoms with Gasteiger partial charge in [0, 0.05) is 18.3 Å². The molecule has 1 atom stereocenters. The van der Waals surface area contributed by atoms with Crippen LogP contribution in [-0.4, -0.2) is 37.7 Å². The smallest absolute Gasteiger partial charge is 0.119 e. The Bertz CT molecular complexity index is 337. The third-order valence-electron chi connectivity index (χ3n) is 3.38. The van der Waals surface area contributed by atoms with Crippen molar-refractivity contribution < 1.29 is 4.74 Å². The molecule has 0 amide bonds. The number of hydrogen-bond donors (Lipinski definition) is 1. The molecule has 0 aromatic heterocycles. The zero-order chi connectivity index (χ0) is 12.1. The largest absolute Gasteiger partial charge is 0.494 e. The van der Waals surface area contributed by atoms with Gasteiger partial charge < -0.3 is 15.0 Å². The Kier molecular flexibility index (Phi) is 4.26. The third kappa shape index (κ3) is 3.37. The van der Waals surface area contributed by atoms with Gasteiger partial charge in [-0.2, -0.15) is 0 Å². The summed E-state index contributed by atoms with van der Waals surface area (Å²) in [5.41, 5.74) is 1.17. The van der Waals surface area contributed by atoms with E-state index in [0.717, 1.165) is 18.9 Å². The monoisotopic (exact) mass is 234 g/mol. The molecule has 1 aromatic rings. The topological polar surface area (TPSA) is 24.5 Å². The van der Waals surface area contributed by atoms with Crippen LogP contribution in [0.5, 0.6) is 5.75 Å². The molecule has 1 heterocycles. The van der Waals surface area contributed by atoms with Crippen LogP contribution < -0.4 is 10.1 Å². The lowest BCUT2D eigenvalue weighted by Gasteiger charge is -2.20. The van der Waals surface area contributed by atoms with Gasteiger partial charge in [0.15, 0.2) is 0 Å². The molecule has 1 aliphatic rings. The fourth-order valence-corrected chi connectivity index (χ4v) is 2.31. The number of nitrogens with one attached hydrogen (secondary N) is 1. The van der Waals surface area contributed by atoms with Crippen LogP contribution in [0.1, 0.15) is 19.8 Å². The highest BCUT2D eigenvalue weighted by Gasteiger charge is 2.19. The van der Waals surface area contributed by atoms with Crippen molar-refractivity contribution in [2.75, 3.05) is 32.1 Å². The molecule has 17 heavy (non-hydrogen) atoms. The first-order chi connectivity index (χ1) is 8.29. The second-order valence-electron chi connectivity index (χ2n) is 4.61. The minimum Gasteiger partial charge on any atom is -0.494 e. The second kappa shape index (κ2) is 5.92. The van der Waals surface area contributed by atoms with E-state index in [9.17, 15) is 0 Å². The summed E-state index contributed by atoms with van der Waals surface area (Å²) in [7, 11) is 2.21. The van der Waals surface area contributed by atoms with Gasteiger partial charge in [0.2, 0.25) is 0 Å². The Morgan fingerprint density at radius 3 is 2.71 bits per heavy atom. The van der Waals surface area contributed by atoms with E-state index in [0.29, 0.717) is 6.04 Å². The number of likely N-dealkylation sites (tertiary alicyclic amines) is 1. The van der Waals surface area contributed by atoms with Crippen LogP contribution in [0.25, 0.3) is 0 Å². The van der Waals surface area contributed by atoms with Gasteiger partial charge in [-0.3, -0.25) is 0 Å². The SMILES string of the molecule is CCOc1ccc(NCC2CCCN2C)cc1. The Balaban J connectivity index is 1.82. The first-order valence-electron chi connectivity index (χ1n) is 6.46. The highest BCUT2D eigenvalue weighted by molar-refractivity contribution is 5.46. The first-order valence-corrected chi connectivity index (χ1v) is 6.46. The fourth-order valence-electron chi connectivity index (χ4n) is 2.31. The van der Waals surface area contributed by atoms with Crippen LogP contribution >= 0.6 is 0 Å². The van der Waals surface area contributed by atoms with E-state index in [2.05, 4.69) is 29.4 Å². The molecule has 1 fully saturated rings. The molecule has 0 radical (unpaired) electrons. The van der Waals surface area contributed by atoms with Gasteiger partial charge in [0.1, 0.15) is 5.75 Å². The fraction of sp³-hybridized carbons (Fsp3) is 0.571. The molecule has 94 valence electrons. The van der Waals surface area contributed by atoms with Crippen molar-refractivity contribution in [2.24, 2.45) is 0 Å². The van der Waals surface area contributed by atoms with Gasteiger partial charge in [-0.25, -0.2) is 0 Å². The maximum Gasteiger partial charge on any atom is 0.119 e. The number of likely N-dealkylation sites (N-methyl/N-ethyl adjacent to an activating group) is 1. The maximum atomic E-state index is 5.42. The lowest BCUT2D eigenvalue weighted by atomic mass is 10.2. The third-order valence-corrected chi connectivity index (χ3v) is 3.38. The molecule has 1 N–H and O–H groups in total. The van der Waals surface area contributed by atoms with Crippen molar-refractivity contribution >= 4 is 5.69 Å². The van der Waals surface area contributed by atoms with Crippen molar-refractivity contribution in [2.45, 2.75) is 25.8 Å². The highest BCUT2D eigenvalue weighted by atomic mass is 16.5. The summed E-state index contributed by atoms with van der Waals surface area (Å²) < 4.78 is 5.42. The Hall–Kier alpha value is -1.22. The van der Waals surface area contributed by atoms with Gasteiger partial charge in [-0.15, -0.1) is 0 Å². The van der Waals surface area contributed by atoms with E-state index in [-0.39, 0.29) is 0 Å². The summed E-state index contributed by atoms with van der Waals surface area (Å²) in [5.74, 6) is 0.941. The molecule has 1 aliphatic heterocycles. The number of rotatable bonds is 5. The molecule has 0 bridgehead atoms. The predicted octanol–water partition coefficient (Wildman–Crippen LogP) is 2.59. The van der Waals surface area contributed by atoms with E-state index in [4.69, 9.17) is 4.74 Å². The van der Waals surface area contributed by atoms with Crippen molar-refractivity contribution in [3.8, 4) is 5.75 Å². The van der Waals surface area contributed by atoms with Crippen LogP contribution in [-0.2, 0) is 0 Å². The molecule has 2 rings (SSSR count). The lowest BCUT2D eigenvalue weighted by Crippen LogP contribution is -2.31. The maximum absolute atomic E-state index is 5.42. The molecule has 1 saturated heterocycles. The van der Waals surface area contributed by atoms with Crippen molar-refractivity contribution in [3.63, 3.8) is 0 Å². The summed E-state index contributed by atoms with van der Waals surface area (Å²) in [6, 6.07) is 8.88. The van der Waals surface area contributed by atoms with E-state index in [1.54, 1.807) is 0 Å². The zero-order valence-electron chi connectivity index (χ0n) is 10.8. The minimum absolute atomic E-state index is 0.682. The Morgan fingerprint density at radius 1 is 1.35 bits per heavy atom. The molecule has 3 nitrogen and oxygen atoms in total. The minimum atomic E-state index is 0.682. The Morgan fingerprint density at radius 2 is 2.12 bits per heavy atom. The summed E-state index contributed by atoms with van der Waals surface area (Å²) in [6.07, 6.45) is 2.63. The van der Waals surface area contributed by atoms with E-state index in [1.807, 2.05) is 19.1 Å². The van der Waals surface area contributed by atoms with Gasteiger partial charge >= 0.3 is 0 Å². The van der Waals surface area contributed by atoms with Crippen LogP contribution in [0.4, 0.5) is 5.69 Å². The number of ether oxygens (including phenoxy) is 1. The average Bonchev–Trinajstić information content (AvgIpc) is 2.75. The molecule has 0 aliphatic carbocycles. The second-order valence-corrected chi connectivity index (χ2v) is 4.61. The first kappa shape index (κ1) is 12.2. The van der Waals surface area contributed by atoms with Crippen molar-refractivity contribution in [1.82, 2.24) is 4.90 Å². The van der Waals surface area contributed by atoms with Gasteiger partial charge in [-0.05, 0) is 57.6 Å².